The summed E-state index contributed by atoms with van der Waals surface area (Å²) in [5.74, 6) is -0.740. The number of aliphatic imine (C=N–C) groups is 1. The van der Waals surface area contributed by atoms with Crippen molar-refractivity contribution in [2.24, 2.45) is 10.4 Å². The van der Waals surface area contributed by atoms with Crippen molar-refractivity contribution in [1.82, 2.24) is 4.98 Å². The monoisotopic (exact) mass is 616 g/mol. The van der Waals surface area contributed by atoms with Crippen molar-refractivity contribution < 1.29 is 38.6 Å². The zero-order valence-corrected chi connectivity index (χ0v) is 24.9. The van der Waals surface area contributed by atoms with E-state index in [0.717, 1.165) is 5.56 Å². The van der Waals surface area contributed by atoms with E-state index in [1.807, 2.05) is 44.2 Å². The number of rotatable bonds is 11. The van der Waals surface area contributed by atoms with E-state index >= 15 is 0 Å². The Hall–Kier alpha value is -5.43. The van der Waals surface area contributed by atoms with Gasteiger partial charge in [0.25, 0.3) is 5.69 Å². The minimum atomic E-state index is -1.10. The minimum Gasteiger partial charge on any atom is -0.511 e. The van der Waals surface area contributed by atoms with Crippen LogP contribution in [0.3, 0.4) is 0 Å². The number of allylic oxidation sites excluding steroid dienone is 2. The van der Waals surface area contributed by atoms with Gasteiger partial charge in [-0.3, -0.25) is 29.7 Å². The third-order valence-electron chi connectivity index (χ3n) is 6.66. The van der Waals surface area contributed by atoms with Crippen LogP contribution in [0.25, 0.3) is 0 Å². The van der Waals surface area contributed by atoms with Crippen molar-refractivity contribution in [2.45, 2.75) is 46.8 Å². The molecule has 13 nitrogen and oxygen atoms in total. The Morgan fingerprint density at radius 1 is 1.09 bits per heavy atom. The Bertz CT molecular complexity index is 1650. The number of Topliss-reactive ketones (excluding diaryl/α,β-unsaturated/α-hetero) is 1. The molecule has 0 spiro atoms. The topological polar surface area (TPSA) is 180 Å². The van der Waals surface area contributed by atoms with E-state index < -0.39 is 23.6 Å². The molecule has 4 rings (SSSR count). The molecular formula is C32H32N4O9. The summed E-state index contributed by atoms with van der Waals surface area (Å²) in [5.41, 5.74) is 1.36. The molecule has 234 valence electrons. The lowest BCUT2D eigenvalue weighted by Gasteiger charge is -2.29. The van der Waals surface area contributed by atoms with Crippen LogP contribution >= 0.6 is 0 Å². The Morgan fingerprint density at radius 2 is 1.80 bits per heavy atom. The summed E-state index contributed by atoms with van der Waals surface area (Å²) >= 11 is 0. The molecule has 0 aliphatic heterocycles. The van der Waals surface area contributed by atoms with E-state index in [-0.39, 0.29) is 76.4 Å². The summed E-state index contributed by atoms with van der Waals surface area (Å²) in [6, 6.07) is 15.6. The molecule has 0 fully saturated rings. The number of non-ortho nitro benzene ring substituents is 1. The van der Waals surface area contributed by atoms with Crippen LogP contribution in [-0.2, 0) is 32.3 Å². The van der Waals surface area contributed by atoms with Gasteiger partial charge in [-0.2, -0.15) is 0 Å². The van der Waals surface area contributed by atoms with E-state index in [4.69, 9.17) is 14.2 Å². The molecule has 1 aromatic heterocycles. The van der Waals surface area contributed by atoms with Crippen LogP contribution in [0.2, 0.25) is 0 Å². The summed E-state index contributed by atoms with van der Waals surface area (Å²) in [7, 11) is 0. The third-order valence-corrected chi connectivity index (χ3v) is 6.66. The van der Waals surface area contributed by atoms with Crippen molar-refractivity contribution in [3.8, 4) is 5.75 Å². The number of hydrogen-bond donors (Lipinski definition) is 2. The molecule has 1 aliphatic carbocycles. The number of nitro benzene ring substituents is 1. The van der Waals surface area contributed by atoms with Crippen molar-refractivity contribution >= 4 is 40.6 Å². The predicted molar refractivity (Wildman–Crippen MR) is 163 cm³/mol. The van der Waals surface area contributed by atoms with E-state index in [1.54, 1.807) is 6.92 Å². The second-order valence-electron chi connectivity index (χ2n) is 11.1. The first kappa shape index (κ1) is 32.5. The van der Waals surface area contributed by atoms with Crippen molar-refractivity contribution in [3.63, 3.8) is 0 Å². The van der Waals surface area contributed by atoms with Crippen LogP contribution in [0, 0.1) is 15.5 Å². The number of ether oxygens (including phenoxy) is 3. The maximum Gasteiger partial charge on any atom is 0.514 e. The van der Waals surface area contributed by atoms with Crippen LogP contribution in [0.15, 0.2) is 83.2 Å². The number of hydrogen-bond acceptors (Lipinski definition) is 11. The number of aromatic nitrogens is 1. The molecule has 3 aromatic rings. The van der Waals surface area contributed by atoms with Gasteiger partial charge in [0.2, 0.25) is 5.91 Å². The maximum absolute atomic E-state index is 12.8. The molecule has 1 aliphatic rings. The quantitative estimate of drug-likeness (QED) is 0.0833. The van der Waals surface area contributed by atoms with Crippen LogP contribution < -0.4 is 10.1 Å². The number of nitrogens with zero attached hydrogens (tertiary/aromatic N) is 3. The fourth-order valence-electron chi connectivity index (χ4n) is 4.63. The number of anilines is 1. The lowest BCUT2D eigenvalue weighted by atomic mass is 9.76. The van der Waals surface area contributed by atoms with Crippen LogP contribution in [0.1, 0.15) is 44.9 Å². The van der Waals surface area contributed by atoms with Crippen LogP contribution in [0.5, 0.6) is 5.75 Å². The van der Waals surface area contributed by atoms with Crippen molar-refractivity contribution in [1.29, 1.82) is 0 Å². The summed E-state index contributed by atoms with van der Waals surface area (Å²) in [4.78, 5) is 56.9. The number of ketones is 1. The van der Waals surface area contributed by atoms with Gasteiger partial charge in [-0.25, -0.2) is 4.79 Å². The average molecular weight is 617 g/mol. The van der Waals surface area contributed by atoms with Gasteiger partial charge >= 0.3 is 6.16 Å². The average Bonchev–Trinajstić information content (AvgIpc) is 2.96. The second kappa shape index (κ2) is 14.4. The Labute approximate surface area is 258 Å². The molecule has 0 atom stereocenters. The van der Waals surface area contributed by atoms with Gasteiger partial charge < -0.3 is 24.6 Å². The number of carbonyl (C=O) groups is 3. The lowest BCUT2D eigenvalue weighted by Crippen LogP contribution is -2.28. The largest absolute Gasteiger partial charge is 0.514 e. The first-order valence-corrected chi connectivity index (χ1v) is 13.9. The highest BCUT2D eigenvalue weighted by Crippen LogP contribution is 2.36. The summed E-state index contributed by atoms with van der Waals surface area (Å²) in [6.45, 7) is 4.92. The standard InChI is InChI=1S/C32H32N4O9/c1-20(30-27(37)14-32(2,3)15-28(30)38)34-22-13-25(35-29(39)19-43-17-21-7-5-4-6-8-21)26(33-16-22)18-44-31(40)45-24-11-9-23(10-12-24)36(41)42/h4-13,16,37H,14-15,17-19H2,1-3H3,(H,35,39). The van der Waals surface area contributed by atoms with Gasteiger partial charge in [0.15, 0.2) is 5.78 Å². The number of nitro groups is 1. The molecule has 1 amide bonds. The highest BCUT2D eigenvalue weighted by molar-refractivity contribution is 6.23. The Kier molecular flexibility index (Phi) is 10.4. The summed E-state index contributed by atoms with van der Waals surface area (Å²) < 4.78 is 15.8. The molecule has 0 unspecified atom stereocenters. The molecule has 1 heterocycles. The van der Waals surface area contributed by atoms with Gasteiger partial charge in [-0.15, -0.1) is 0 Å². The van der Waals surface area contributed by atoms with E-state index in [0.29, 0.717) is 6.42 Å². The molecule has 2 aromatic carbocycles. The first-order valence-electron chi connectivity index (χ1n) is 13.9. The number of aliphatic hydroxyl groups excluding tert-OH is 1. The Balaban J connectivity index is 1.50. The smallest absolute Gasteiger partial charge is 0.511 e. The van der Waals surface area contributed by atoms with Gasteiger partial charge in [-0.1, -0.05) is 44.2 Å². The van der Waals surface area contributed by atoms with E-state index in [1.165, 1.54) is 36.5 Å². The van der Waals surface area contributed by atoms with Crippen molar-refractivity contribution in [2.75, 3.05) is 11.9 Å². The van der Waals surface area contributed by atoms with Gasteiger partial charge in [-0.05, 0) is 36.1 Å². The predicted octanol–water partition coefficient (Wildman–Crippen LogP) is 6.15. The molecule has 13 heteroatoms. The normalized spacial score (nSPS) is 14.6. The minimum absolute atomic E-state index is 0.0287. The highest BCUT2D eigenvalue weighted by Gasteiger charge is 2.34. The number of benzene rings is 2. The van der Waals surface area contributed by atoms with Gasteiger partial charge in [0, 0.05) is 25.0 Å². The molecular weight excluding hydrogens is 584 g/mol. The lowest BCUT2D eigenvalue weighted by molar-refractivity contribution is -0.384. The van der Waals surface area contributed by atoms with Crippen LogP contribution in [0.4, 0.5) is 21.9 Å². The van der Waals surface area contributed by atoms with Gasteiger partial charge in [0.1, 0.15) is 30.4 Å². The number of pyridine rings is 1. The molecule has 0 saturated heterocycles. The Morgan fingerprint density at radius 3 is 2.47 bits per heavy atom. The molecule has 0 bridgehead atoms. The van der Waals surface area contributed by atoms with E-state index in [2.05, 4.69) is 15.3 Å². The first-order chi connectivity index (χ1) is 21.4. The van der Waals surface area contributed by atoms with Crippen LogP contribution in [-0.4, -0.2) is 45.2 Å². The molecule has 0 radical (unpaired) electrons. The second-order valence-corrected chi connectivity index (χ2v) is 11.1. The highest BCUT2D eigenvalue weighted by atomic mass is 16.7. The zero-order chi connectivity index (χ0) is 32.6. The number of amides is 1. The molecule has 2 N–H and O–H groups in total. The molecule has 0 saturated carbocycles. The third kappa shape index (κ3) is 9.28. The maximum atomic E-state index is 12.8. The number of carbonyl (C=O) groups excluding carboxylic acids is 3. The fourth-order valence-corrected chi connectivity index (χ4v) is 4.63. The number of nitrogens with one attached hydrogen (secondary N) is 1. The zero-order valence-electron chi connectivity index (χ0n) is 24.9. The summed E-state index contributed by atoms with van der Waals surface area (Å²) in [6.07, 6.45) is 0.845. The molecule has 45 heavy (non-hydrogen) atoms. The number of aliphatic hydroxyl groups is 1. The van der Waals surface area contributed by atoms with Crippen molar-refractivity contribution in [3.05, 3.63) is 99.6 Å². The van der Waals surface area contributed by atoms with Gasteiger partial charge in [0.05, 0.1) is 40.4 Å². The summed E-state index contributed by atoms with van der Waals surface area (Å²) in [5, 5.41) is 24.1. The fraction of sp³-hybridized carbons (Fsp3) is 0.281. The van der Waals surface area contributed by atoms with E-state index in [9.17, 15) is 29.6 Å². The SMILES string of the molecule is CC(=Nc1cnc(COC(=O)Oc2ccc([N+](=O)[O-])cc2)c(NC(=O)COCc2ccccc2)c1)C1=C(O)CC(C)(C)CC1=O.